The zero-order valence-electron chi connectivity index (χ0n) is 15.0. The van der Waals surface area contributed by atoms with Gasteiger partial charge in [0.1, 0.15) is 0 Å². The second-order valence-corrected chi connectivity index (χ2v) is 8.77. The van der Waals surface area contributed by atoms with Crippen LogP contribution in [-0.4, -0.2) is 11.7 Å². The minimum absolute atomic E-state index is 0.339. The van der Waals surface area contributed by atoms with E-state index in [1.807, 2.05) is 0 Å². The summed E-state index contributed by atoms with van der Waals surface area (Å²) < 4.78 is 0. The molecule has 1 N–H and O–H groups in total. The van der Waals surface area contributed by atoms with E-state index in [0.29, 0.717) is 23.4 Å². The van der Waals surface area contributed by atoms with Crippen LogP contribution in [0.5, 0.6) is 0 Å². The molecule has 2 aliphatic rings. The molecular weight excluding hydrogens is 256 g/mol. The van der Waals surface area contributed by atoms with Gasteiger partial charge < -0.3 is 5.11 Å². The lowest BCUT2D eigenvalue weighted by molar-refractivity contribution is 0.00989. The van der Waals surface area contributed by atoms with E-state index in [4.69, 9.17) is 5.11 Å². The van der Waals surface area contributed by atoms with Gasteiger partial charge in [-0.25, -0.2) is 0 Å². The van der Waals surface area contributed by atoms with Crippen LogP contribution in [0.3, 0.4) is 0 Å². The molecule has 0 aliphatic heterocycles. The monoisotopic (exact) mass is 292 g/mol. The number of fused-ring (bicyclic) bond motifs is 1. The Hall–Kier alpha value is -0.300. The van der Waals surface area contributed by atoms with Gasteiger partial charge in [0, 0.05) is 6.61 Å². The predicted molar refractivity (Wildman–Crippen MR) is 91.3 cm³/mol. The summed E-state index contributed by atoms with van der Waals surface area (Å²) in [6, 6.07) is 0. The molecule has 21 heavy (non-hydrogen) atoms. The van der Waals surface area contributed by atoms with E-state index in [-0.39, 0.29) is 0 Å². The van der Waals surface area contributed by atoms with Gasteiger partial charge in [-0.15, -0.1) is 0 Å². The number of aliphatic hydroxyl groups is 1. The van der Waals surface area contributed by atoms with Crippen molar-refractivity contribution in [1.29, 1.82) is 0 Å². The molecule has 0 amide bonds. The van der Waals surface area contributed by atoms with Gasteiger partial charge in [0.25, 0.3) is 0 Å². The molecule has 0 heterocycles. The second kappa shape index (κ2) is 6.44. The van der Waals surface area contributed by atoms with E-state index in [9.17, 15) is 0 Å². The van der Waals surface area contributed by atoms with Crippen LogP contribution in [0.25, 0.3) is 0 Å². The maximum atomic E-state index is 9.12. The fourth-order valence-electron chi connectivity index (χ4n) is 5.45. The van der Waals surface area contributed by atoms with E-state index in [0.717, 1.165) is 12.3 Å². The number of rotatable bonds is 5. The SMILES string of the molecule is CC1=C(CCC(C)CCO)C2(C)CCCC(C)(C)C2CC1. The van der Waals surface area contributed by atoms with E-state index in [1.165, 1.54) is 44.9 Å². The summed E-state index contributed by atoms with van der Waals surface area (Å²) in [7, 11) is 0. The van der Waals surface area contributed by atoms with Gasteiger partial charge in [-0.2, -0.15) is 0 Å². The van der Waals surface area contributed by atoms with Crippen LogP contribution in [0.1, 0.15) is 86.0 Å². The number of aliphatic hydroxyl groups excluding tert-OH is 1. The van der Waals surface area contributed by atoms with Gasteiger partial charge >= 0.3 is 0 Å². The number of hydrogen-bond acceptors (Lipinski definition) is 1. The Morgan fingerprint density at radius 1 is 1.19 bits per heavy atom. The van der Waals surface area contributed by atoms with Crippen molar-refractivity contribution in [3.05, 3.63) is 11.1 Å². The largest absolute Gasteiger partial charge is 0.396 e. The summed E-state index contributed by atoms with van der Waals surface area (Å²) in [5.41, 5.74) is 4.43. The lowest BCUT2D eigenvalue weighted by Gasteiger charge is -2.55. The first-order valence-electron chi connectivity index (χ1n) is 9.11. The lowest BCUT2D eigenvalue weighted by atomic mass is 9.50. The van der Waals surface area contributed by atoms with Crippen LogP contribution < -0.4 is 0 Å². The van der Waals surface area contributed by atoms with Crippen molar-refractivity contribution in [3.8, 4) is 0 Å². The second-order valence-electron chi connectivity index (χ2n) is 8.77. The zero-order chi connectivity index (χ0) is 15.7. The van der Waals surface area contributed by atoms with Crippen molar-refractivity contribution in [1.82, 2.24) is 0 Å². The molecule has 0 radical (unpaired) electrons. The number of hydrogen-bond donors (Lipinski definition) is 1. The smallest absolute Gasteiger partial charge is 0.0433 e. The highest BCUT2D eigenvalue weighted by Crippen LogP contribution is 2.60. The summed E-state index contributed by atoms with van der Waals surface area (Å²) in [5.74, 6) is 1.52. The predicted octanol–water partition coefficient (Wildman–Crippen LogP) is 5.73. The Morgan fingerprint density at radius 2 is 1.90 bits per heavy atom. The van der Waals surface area contributed by atoms with Crippen molar-refractivity contribution < 1.29 is 5.11 Å². The zero-order valence-corrected chi connectivity index (χ0v) is 15.0. The van der Waals surface area contributed by atoms with Crippen molar-refractivity contribution >= 4 is 0 Å². The summed E-state index contributed by atoms with van der Waals surface area (Å²) >= 11 is 0. The first kappa shape index (κ1) is 17.1. The molecule has 0 spiro atoms. The quantitative estimate of drug-likeness (QED) is 0.642. The standard InChI is InChI=1S/C20H36O/c1-15(11-14-21)7-9-17-16(2)8-10-18-19(3,4)12-6-13-20(17,18)5/h15,18,21H,6-14H2,1-5H3. The van der Waals surface area contributed by atoms with Gasteiger partial charge in [0.2, 0.25) is 0 Å². The van der Waals surface area contributed by atoms with Crippen molar-refractivity contribution in [2.75, 3.05) is 6.61 Å². The Morgan fingerprint density at radius 3 is 2.57 bits per heavy atom. The van der Waals surface area contributed by atoms with Crippen LogP contribution in [-0.2, 0) is 0 Å². The fraction of sp³-hybridized carbons (Fsp3) is 0.900. The molecule has 0 bridgehead atoms. The molecule has 0 aromatic carbocycles. The van der Waals surface area contributed by atoms with E-state index < -0.39 is 0 Å². The first-order chi connectivity index (χ1) is 9.81. The van der Waals surface area contributed by atoms with Crippen LogP contribution in [0, 0.1) is 22.7 Å². The van der Waals surface area contributed by atoms with Crippen LogP contribution in [0.2, 0.25) is 0 Å². The minimum atomic E-state index is 0.339. The van der Waals surface area contributed by atoms with Gasteiger partial charge in [0.05, 0.1) is 0 Å². The Bertz CT molecular complexity index is 393. The topological polar surface area (TPSA) is 20.2 Å². The summed E-state index contributed by atoms with van der Waals surface area (Å²) in [5, 5.41) is 9.12. The van der Waals surface area contributed by atoms with Gasteiger partial charge in [-0.1, -0.05) is 45.3 Å². The van der Waals surface area contributed by atoms with E-state index in [1.54, 1.807) is 11.1 Å². The Balaban J connectivity index is 2.17. The van der Waals surface area contributed by atoms with Crippen LogP contribution >= 0.6 is 0 Å². The lowest BCUT2D eigenvalue weighted by Crippen LogP contribution is -2.45. The van der Waals surface area contributed by atoms with Crippen LogP contribution in [0.15, 0.2) is 11.1 Å². The molecule has 0 aromatic heterocycles. The summed E-state index contributed by atoms with van der Waals surface area (Å²) in [6.07, 6.45) is 10.4. The van der Waals surface area contributed by atoms with Crippen molar-refractivity contribution in [2.24, 2.45) is 22.7 Å². The van der Waals surface area contributed by atoms with Crippen LogP contribution in [0.4, 0.5) is 0 Å². The first-order valence-corrected chi connectivity index (χ1v) is 9.11. The average molecular weight is 293 g/mol. The molecule has 0 aromatic rings. The van der Waals surface area contributed by atoms with Gasteiger partial charge in [0.15, 0.2) is 0 Å². The van der Waals surface area contributed by atoms with Crippen molar-refractivity contribution in [3.63, 3.8) is 0 Å². The summed E-state index contributed by atoms with van der Waals surface area (Å²) in [4.78, 5) is 0. The molecule has 0 saturated heterocycles. The maximum Gasteiger partial charge on any atom is 0.0433 e. The molecule has 3 atom stereocenters. The highest BCUT2D eigenvalue weighted by molar-refractivity contribution is 5.27. The molecular formula is C20H36O. The highest BCUT2D eigenvalue weighted by Gasteiger charge is 2.49. The molecule has 1 nitrogen and oxygen atoms in total. The third-order valence-corrected chi connectivity index (χ3v) is 6.75. The average Bonchev–Trinajstić information content (AvgIpc) is 2.37. The minimum Gasteiger partial charge on any atom is -0.396 e. The van der Waals surface area contributed by atoms with Gasteiger partial charge in [-0.3, -0.25) is 0 Å². The summed E-state index contributed by atoms with van der Waals surface area (Å²) in [6.45, 7) is 12.6. The van der Waals surface area contributed by atoms with Crippen molar-refractivity contribution in [2.45, 2.75) is 86.0 Å². The third kappa shape index (κ3) is 3.38. The third-order valence-electron chi connectivity index (χ3n) is 6.75. The fourth-order valence-corrected chi connectivity index (χ4v) is 5.45. The Kier molecular flexibility index (Phi) is 5.23. The van der Waals surface area contributed by atoms with E-state index in [2.05, 4.69) is 34.6 Å². The molecule has 2 aliphatic carbocycles. The molecule has 3 unspecified atom stereocenters. The Labute approximate surface area is 132 Å². The molecule has 2 rings (SSSR count). The molecule has 122 valence electrons. The number of allylic oxidation sites excluding steroid dienone is 2. The normalized spacial score (nSPS) is 33.7. The molecule has 1 saturated carbocycles. The molecule has 1 fully saturated rings. The van der Waals surface area contributed by atoms with E-state index >= 15 is 0 Å². The van der Waals surface area contributed by atoms with Gasteiger partial charge in [-0.05, 0) is 74.5 Å². The molecule has 1 heteroatoms. The highest BCUT2D eigenvalue weighted by atomic mass is 16.3. The maximum absolute atomic E-state index is 9.12.